The van der Waals surface area contributed by atoms with Gasteiger partial charge in [-0.2, -0.15) is 0 Å². The fraction of sp³-hybridized carbons (Fsp3) is 0.864. The number of aliphatic hydroxyl groups is 3. The van der Waals surface area contributed by atoms with E-state index in [1.54, 1.807) is 0 Å². The molecule has 146 valence electrons. The lowest BCUT2D eigenvalue weighted by Gasteiger charge is -2.65. The third-order valence-electron chi connectivity index (χ3n) is 9.31. The molecule has 8 atom stereocenters. The Morgan fingerprint density at radius 1 is 1.04 bits per heavy atom. The Hall–Kier alpha value is -0.710. The van der Waals surface area contributed by atoms with Crippen molar-refractivity contribution < 1.29 is 20.1 Å². The van der Waals surface area contributed by atoms with E-state index in [1.807, 2.05) is 0 Å². The second kappa shape index (κ2) is 5.65. The molecule has 4 aliphatic rings. The Balaban J connectivity index is 1.75. The van der Waals surface area contributed by atoms with Crippen LogP contribution in [0.5, 0.6) is 0 Å². The molecule has 0 radical (unpaired) electrons. The first-order chi connectivity index (χ1) is 12.1. The summed E-state index contributed by atoms with van der Waals surface area (Å²) in [4.78, 5) is 12.4. The van der Waals surface area contributed by atoms with Gasteiger partial charge in [-0.15, -0.1) is 0 Å². The molecule has 4 fully saturated rings. The fourth-order valence-electron chi connectivity index (χ4n) is 7.94. The standard InChI is InChI=1S/C22H34O4/c1-14(2)16-7-11-22(26)18-6-10-21(25)12-15(24)4-9-20(21,13-23)17(18)5-8-19(16,22)3/h13,15-18,24-26H,1,4-12H2,2-3H3. The van der Waals surface area contributed by atoms with Gasteiger partial charge in [0.1, 0.15) is 6.29 Å². The molecule has 4 nitrogen and oxygen atoms in total. The topological polar surface area (TPSA) is 77.8 Å². The molecule has 0 amide bonds. The van der Waals surface area contributed by atoms with E-state index < -0.39 is 22.7 Å². The fourth-order valence-corrected chi connectivity index (χ4v) is 7.94. The maximum Gasteiger partial charge on any atom is 0.129 e. The predicted octanol–water partition coefficient (Wildman–Crippen LogP) is 2.99. The average Bonchev–Trinajstić information content (AvgIpc) is 2.85. The molecular weight excluding hydrogens is 328 g/mol. The van der Waals surface area contributed by atoms with Gasteiger partial charge in [-0.1, -0.05) is 19.1 Å². The molecule has 0 aromatic heterocycles. The molecule has 0 heterocycles. The zero-order valence-corrected chi connectivity index (χ0v) is 16.2. The molecule has 0 aliphatic heterocycles. The third kappa shape index (κ3) is 2.04. The lowest BCUT2D eigenvalue weighted by molar-refractivity contribution is -0.248. The summed E-state index contributed by atoms with van der Waals surface area (Å²) in [5, 5.41) is 33.4. The van der Waals surface area contributed by atoms with Crippen LogP contribution in [0.4, 0.5) is 0 Å². The highest BCUT2D eigenvalue weighted by Gasteiger charge is 2.71. The Bertz CT molecular complexity index is 632. The Morgan fingerprint density at radius 3 is 2.38 bits per heavy atom. The monoisotopic (exact) mass is 362 g/mol. The van der Waals surface area contributed by atoms with Crippen LogP contribution in [0.1, 0.15) is 71.6 Å². The number of aldehydes is 1. The molecule has 8 unspecified atom stereocenters. The highest BCUT2D eigenvalue weighted by atomic mass is 16.3. The molecule has 4 heteroatoms. The molecule has 0 bridgehead atoms. The van der Waals surface area contributed by atoms with Crippen molar-refractivity contribution in [1.82, 2.24) is 0 Å². The van der Waals surface area contributed by atoms with Gasteiger partial charge in [-0.05, 0) is 76.0 Å². The summed E-state index contributed by atoms with van der Waals surface area (Å²) in [5.41, 5.74) is -1.75. The van der Waals surface area contributed by atoms with Crippen LogP contribution < -0.4 is 0 Å². The van der Waals surface area contributed by atoms with Crippen LogP contribution in [-0.2, 0) is 4.79 Å². The van der Waals surface area contributed by atoms with Crippen LogP contribution >= 0.6 is 0 Å². The minimum Gasteiger partial charge on any atom is -0.393 e. The van der Waals surface area contributed by atoms with Crippen molar-refractivity contribution in [1.29, 1.82) is 0 Å². The minimum absolute atomic E-state index is 0.00759. The van der Waals surface area contributed by atoms with Crippen LogP contribution in [0.3, 0.4) is 0 Å². The summed E-state index contributed by atoms with van der Waals surface area (Å²) in [6.45, 7) is 8.48. The maximum absolute atomic E-state index is 12.4. The highest BCUT2D eigenvalue weighted by Crippen LogP contribution is 2.70. The van der Waals surface area contributed by atoms with Crippen molar-refractivity contribution >= 4 is 6.29 Å². The normalized spacial score (nSPS) is 56.2. The smallest absolute Gasteiger partial charge is 0.129 e. The summed E-state index contributed by atoms with van der Waals surface area (Å²) in [6.07, 6.45) is 6.55. The van der Waals surface area contributed by atoms with E-state index in [0.29, 0.717) is 31.6 Å². The van der Waals surface area contributed by atoms with Crippen LogP contribution in [0.25, 0.3) is 0 Å². The summed E-state index contributed by atoms with van der Waals surface area (Å²) < 4.78 is 0. The molecule has 0 aromatic carbocycles. The number of aliphatic hydroxyl groups excluding tert-OH is 1. The van der Waals surface area contributed by atoms with Crippen LogP contribution in [0.2, 0.25) is 0 Å². The van der Waals surface area contributed by atoms with Gasteiger partial charge in [0.2, 0.25) is 0 Å². The van der Waals surface area contributed by atoms with E-state index in [9.17, 15) is 20.1 Å². The van der Waals surface area contributed by atoms with E-state index in [2.05, 4.69) is 20.4 Å². The van der Waals surface area contributed by atoms with Crippen LogP contribution in [0.15, 0.2) is 12.2 Å². The second-order valence-corrected chi connectivity index (χ2v) is 10.2. The van der Waals surface area contributed by atoms with Gasteiger partial charge >= 0.3 is 0 Å². The van der Waals surface area contributed by atoms with Crippen molar-refractivity contribution in [3.63, 3.8) is 0 Å². The average molecular weight is 363 g/mol. The summed E-state index contributed by atoms with van der Waals surface area (Å²) in [5.74, 6) is 0.383. The molecule has 4 saturated carbocycles. The van der Waals surface area contributed by atoms with Gasteiger partial charge in [-0.3, -0.25) is 0 Å². The number of carbonyl (C=O) groups is 1. The van der Waals surface area contributed by atoms with E-state index in [4.69, 9.17) is 0 Å². The van der Waals surface area contributed by atoms with E-state index in [-0.39, 0.29) is 17.3 Å². The molecule has 4 aliphatic carbocycles. The number of hydrogen-bond donors (Lipinski definition) is 3. The van der Waals surface area contributed by atoms with E-state index in [1.165, 1.54) is 0 Å². The molecule has 0 aromatic rings. The molecule has 4 rings (SSSR count). The summed E-state index contributed by atoms with van der Waals surface area (Å²) in [6, 6.07) is 0. The largest absolute Gasteiger partial charge is 0.393 e. The zero-order chi connectivity index (χ0) is 19.0. The Morgan fingerprint density at radius 2 is 1.73 bits per heavy atom. The first kappa shape index (κ1) is 18.6. The van der Waals surface area contributed by atoms with Crippen LogP contribution in [0, 0.1) is 28.6 Å². The van der Waals surface area contributed by atoms with Gasteiger partial charge in [-0.25, -0.2) is 0 Å². The summed E-state index contributed by atoms with van der Waals surface area (Å²) in [7, 11) is 0. The van der Waals surface area contributed by atoms with E-state index in [0.717, 1.165) is 44.0 Å². The van der Waals surface area contributed by atoms with Gasteiger partial charge in [0.15, 0.2) is 0 Å². The van der Waals surface area contributed by atoms with Gasteiger partial charge in [0, 0.05) is 11.8 Å². The Kier molecular flexibility index (Phi) is 4.05. The number of allylic oxidation sites excluding steroid dienone is 1. The number of carbonyl (C=O) groups excluding carboxylic acids is 1. The summed E-state index contributed by atoms with van der Waals surface area (Å²) >= 11 is 0. The number of rotatable bonds is 2. The maximum atomic E-state index is 12.4. The molecule has 26 heavy (non-hydrogen) atoms. The minimum atomic E-state index is -1.12. The van der Waals surface area contributed by atoms with Gasteiger partial charge < -0.3 is 20.1 Å². The third-order valence-corrected chi connectivity index (χ3v) is 9.31. The first-order valence-electron chi connectivity index (χ1n) is 10.4. The van der Waals surface area contributed by atoms with Crippen molar-refractivity contribution in [2.75, 3.05) is 0 Å². The SMILES string of the molecule is C=C(C)C1CCC2(O)C3CCC4(O)CC(O)CCC4(C=O)C3CCC12C. The van der Waals surface area contributed by atoms with E-state index >= 15 is 0 Å². The quantitative estimate of drug-likeness (QED) is 0.521. The molecule has 0 spiro atoms. The van der Waals surface area contributed by atoms with Crippen molar-refractivity contribution in [2.45, 2.75) is 88.9 Å². The van der Waals surface area contributed by atoms with Crippen molar-refractivity contribution in [2.24, 2.45) is 28.6 Å². The van der Waals surface area contributed by atoms with Crippen molar-refractivity contribution in [3.05, 3.63) is 12.2 Å². The first-order valence-corrected chi connectivity index (χ1v) is 10.4. The Labute approximate surface area is 156 Å². The number of hydrogen-bond acceptors (Lipinski definition) is 4. The van der Waals surface area contributed by atoms with Crippen LogP contribution in [-0.4, -0.2) is 38.9 Å². The van der Waals surface area contributed by atoms with Gasteiger partial charge in [0.05, 0.1) is 22.7 Å². The molecular formula is C22H34O4. The van der Waals surface area contributed by atoms with Crippen molar-refractivity contribution in [3.8, 4) is 0 Å². The second-order valence-electron chi connectivity index (χ2n) is 10.2. The molecule has 3 N–H and O–H groups in total. The molecule has 0 saturated heterocycles. The highest BCUT2D eigenvalue weighted by molar-refractivity contribution is 5.64. The lowest BCUT2D eigenvalue weighted by Crippen LogP contribution is -2.68. The number of fused-ring (bicyclic) bond motifs is 5. The van der Waals surface area contributed by atoms with Gasteiger partial charge in [0.25, 0.3) is 0 Å². The predicted molar refractivity (Wildman–Crippen MR) is 99.3 cm³/mol. The zero-order valence-electron chi connectivity index (χ0n) is 16.2. The lowest BCUT2D eigenvalue weighted by atomic mass is 9.41.